The number of hydrogen-bond acceptors (Lipinski definition) is 2. The Morgan fingerprint density at radius 2 is 1.80 bits per heavy atom. The minimum atomic E-state index is 0.475. The monoisotopic (exact) mass is 269 g/mol. The lowest BCUT2D eigenvalue weighted by atomic mass is 9.97. The Labute approximate surface area is 121 Å². The molecule has 0 atom stereocenters. The first-order valence-electron chi connectivity index (χ1n) is 7.08. The predicted octanol–water partition coefficient (Wildman–Crippen LogP) is 4.17. The van der Waals surface area contributed by atoms with Crippen molar-refractivity contribution in [3.8, 4) is 16.9 Å². The molecule has 106 valence electrons. The first kappa shape index (κ1) is 14.6. The van der Waals surface area contributed by atoms with Crippen molar-refractivity contribution in [2.75, 3.05) is 7.11 Å². The van der Waals surface area contributed by atoms with E-state index >= 15 is 0 Å². The molecule has 0 unspecified atom stereocenters. The van der Waals surface area contributed by atoms with Crippen LogP contribution in [0.4, 0.5) is 0 Å². The molecule has 0 aliphatic carbocycles. The molecule has 2 rings (SSSR count). The molecule has 20 heavy (non-hydrogen) atoms. The van der Waals surface area contributed by atoms with E-state index in [2.05, 4.69) is 62.5 Å². The summed E-state index contributed by atoms with van der Waals surface area (Å²) in [5.74, 6) is 0.924. The quantitative estimate of drug-likeness (QED) is 0.879. The van der Waals surface area contributed by atoms with Gasteiger partial charge in [-0.3, -0.25) is 0 Å². The van der Waals surface area contributed by atoms with Crippen molar-refractivity contribution < 1.29 is 4.74 Å². The van der Waals surface area contributed by atoms with E-state index in [4.69, 9.17) is 4.74 Å². The number of methoxy groups -OCH3 is 1. The zero-order valence-corrected chi connectivity index (χ0v) is 12.7. The van der Waals surface area contributed by atoms with Crippen molar-refractivity contribution in [3.05, 3.63) is 53.6 Å². The van der Waals surface area contributed by atoms with Gasteiger partial charge in [-0.05, 0) is 30.2 Å². The van der Waals surface area contributed by atoms with Crippen LogP contribution in [-0.2, 0) is 6.54 Å². The fourth-order valence-corrected chi connectivity index (χ4v) is 2.28. The lowest BCUT2D eigenvalue weighted by Crippen LogP contribution is -2.22. The van der Waals surface area contributed by atoms with Crippen LogP contribution in [0, 0.1) is 6.92 Å². The van der Waals surface area contributed by atoms with Gasteiger partial charge >= 0.3 is 0 Å². The van der Waals surface area contributed by atoms with E-state index in [0.29, 0.717) is 6.04 Å². The van der Waals surface area contributed by atoms with Gasteiger partial charge in [0.25, 0.3) is 0 Å². The van der Waals surface area contributed by atoms with Crippen molar-refractivity contribution in [1.82, 2.24) is 5.32 Å². The van der Waals surface area contributed by atoms with E-state index in [9.17, 15) is 0 Å². The van der Waals surface area contributed by atoms with Crippen molar-refractivity contribution in [2.24, 2.45) is 0 Å². The van der Waals surface area contributed by atoms with Gasteiger partial charge in [0.2, 0.25) is 0 Å². The molecule has 1 N–H and O–H groups in total. The summed E-state index contributed by atoms with van der Waals surface area (Å²) in [5, 5.41) is 3.48. The highest BCUT2D eigenvalue weighted by atomic mass is 16.5. The topological polar surface area (TPSA) is 21.3 Å². The highest BCUT2D eigenvalue weighted by Crippen LogP contribution is 2.33. The maximum Gasteiger partial charge on any atom is 0.126 e. The summed E-state index contributed by atoms with van der Waals surface area (Å²) in [6, 6.07) is 15.3. The lowest BCUT2D eigenvalue weighted by Gasteiger charge is -2.15. The van der Waals surface area contributed by atoms with Gasteiger partial charge in [0, 0.05) is 18.2 Å². The Morgan fingerprint density at radius 3 is 2.50 bits per heavy atom. The predicted molar refractivity (Wildman–Crippen MR) is 85.1 cm³/mol. The maximum absolute atomic E-state index is 5.51. The van der Waals surface area contributed by atoms with Gasteiger partial charge in [-0.2, -0.15) is 0 Å². The van der Waals surface area contributed by atoms with Gasteiger partial charge in [-0.15, -0.1) is 0 Å². The Balaban J connectivity index is 2.44. The molecule has 0 aliphatic heterocycles. The number of aryl methyl sites for hydroxylation is 1. The van der Waals surface area contributed by atoms with Gasteiger partial charge in [0.05, 0.1) is 7.11 Å². The van der Waals surface area contributed by atoms with E-state index in [1.54, 1.807) is 7.11 Å². The van der Waals surface area contributed by atoms with Crippen molar-refractivity contribution >= 4 is 0 Å². The molecule has 0 aliphatic rings. The molecule has 0 saturated carbocycles. The number of benzene rings is 2. The van der Waals surface area contributed by atoms with E-state index < -0.39 is 0 Å². The van der Waals surface area contributed by atoms with Crippen LogP contribution in [0.2, 0.25) is 0 Å². The third-order valence-electron chi connectivity index (χ3n) is 3.36. The zero-order valence-electron chi connectivity index (χ0n) is 12.7. The highest BCUT2D eigenvalue weighted by Gasteiger charge is 2.10. The molecule has 2 aromatic rings. The molecule has 0 saturated heterocycles. The molecule has 0 spiro atoms. The Kier molecular flexibility index (Phi) is 4.80. The largest absolute Gasteiger partial charge is 0.496 e. The van der Waals surface area contributed by atoms with Crippen LogP contribution in [0.25, 0.3) is 11.1 Å². The number of ether oxygens (including phenoxy) is 1. The van der Waals surface area contributed by atoms with Gasteiger partial charge in [0.1, 0.15) is 5.75 Å². The fourth-order valence-electron chi connectivity index (χ4n) is 2.28. The second-order valence-corrected chi connectivity index (χ2v) is 5.40. The molecule has 0 heterocycles. The molecular weight excluding hydrogens is 246 g/mol. The van der Waals surface area contributed by atoms with Crippen molar-refractivity contribution in [2.45, 2.75) is 33.4 Å². The molecule has 0 amide bonds. The highest BCUT2D eigenvalue weighted by molar-refractivity contribution is 5.74. The van der Waals surface area contributed by atoms with Crippen LogP contribution in [0.5, 0.6) is 5.75 Å². The summed E-state index contributed by atoms with van der Waals surface area (Å²) >= 11 is 0. The molecule has 2 aromatic carbocycles. The van der Waals surface area contributed by atoms with Crippen molar-refractivity contribution in [3.63, 3.8) is 0 Å². The Bertz CT molecular complexity index is 575. The molecule has 0 radical (unpaired) electrons. The van der Waals surface area contributed by atoms with E-state index in [1.807, 2.05) is 6.07 Å². The van der Waals surface area contributed by atoms with Crippen LogP contribution in [0.1, 0.15) is 25.0 Å². The minimum absolute atomic E-state index is 0.475. The van der Waals surface area contributed by atoms with Crippen LogP contribution >= 0.6 is 0 Å². The first-order chi connectivity index (χ1) is 9.61. The third-order valence-corrected chi connectivity index (χ3v) is 3.36. The molecular formula is C18H23NO. The van der Waals surface area contributed by atoms with E-state index in [0.717, 1.165) is 17.9 Å². The smallest absolute Gasteiger partial charge is 0.126 e. The zero-order chi connectivity index (χ0) is 14.5. The van der Waals surface area contributed by atoms with Gasteiger partial charge in [-0.25, -0.2) is 0 Å². The molecule has 2 heteroatoms. The summed E-state index contributed by atoms with van der Waals surface area (Å²) in [6.45, 7) is 7.30. The number of nitrogens with one attached hydrogen (secondary N) is 1. The molecule has 0 aromatic heterocycles. The second-order valence-electron chi connectivity index (χ2n) is 5.40. The first-order valence-corrected chi connectivity index (χ1v) is 7.08. The summed E-state index contributed by atoms with van der Waals surface area (Å²) in [5.41, 5.74) is 4.94. The van der Waals surface area contributed by atoms with Gasteiger partial charge < -0.3 is 10.1 Å². The Hall–Kier alpha value is -1.80. The standard InChI is InChI=1S/C18H23NO/c1-13(2)19-12-15-7-5-6-8-16(15)17-11-14(3)9-10-18(17)20-4/h5-11,13,19H,12H2,1-4H3. The lowest BCUT2D eigenvalue weighted by molar-refractivity contribution is 0.416. The average Bonchev–Trinajstić information content (AvgIpc) is 2.45. The fraction of sp³-hybridized carbons (Fsp3) is 0.333. The summed E-state index contributed by atoms with van der Waals surface area (Å²) < 4.78 is 5.51. The summed E-state index contributed by atoms with van der Waals surface area (Å²) in [7, 11) is 1.73. The van der Waals surface area contributed by atoms with Crippen LogP contribution in [0.3, 0.4) is 0 Å². The summed E-state index contributed by atoms with van der Waals surface area (Å²) in [6.07, 6.45) is 0. The van der Waals surface area contributed by atoms with Crippen LogP contribution in [0.15, 0.2) is 42.5 Å². The molecule has 0 fully saturated rings. The number of rotatable bonds is 5. The average molecular weight is 269 g/mol. The maximum atomic E-state index is 5.51. The van der Waals surface area contributed by atoms with Gasteiger partial charge in [-0.1, -0.05) is 49.7 Å². The van der Waals surface area contributed by atoms with Crippen molar-refractivity contribution in [1.29, 1.82) is 0 Å². The third kappa shape index (κ3) is 3.40. The second kappa shape index (κ2) is 6.58. The van der Waals surface area contributed by atoms with Crippen LogP contribution < -0.4 is 10.1 Å². The van der Waals surface area contributed by atoms with E-state index in [1.165, 1.54) is 16.7 Å². The van der Waals surface area contributed by atoms with E-state index in [-0.39, 0.29) is 0 Å². The van der Waals surface area contributed by atoms with Gasteiger partial charge in [0.15, 0.2) is 0 Å². The van der Waals surface area contributed by atoms with Crippen LogP contribution in [-0.4, -0.2) is 13.2 Å². The SMILES string of the molecule is COc1ccc(C)cc1-c1ccccc1CNC(C)C. The normalized spacial score (nSPS) is 10.8. The molecule has 2 nitrogen and oxygen atoms in total. The Morgan fingerprint density at radius 1 is 1.05 bits per heavy atom. The summed E-state index contributed by atoms with van der Waals surface area (Å²) in [4.78, 5) is 0. The molecule has 0 bridgehead atoms. The number of hydrogen-bond donors (Lipinski definition) is 1. The minimum Gasteiger partial charge on any atom is -0.496 e.